The first-order chi connectivity index (χ1) is 15.3. The molecule has 1 heterocycles. The molecular weight excluding hydrogens is 490 g/mol. The highest BCUT2D eigenvalue weighted by Crippen LogP contribution is 2.24. The SMILES string of the molecule is CCn1c(SCC(=O)Nc2c(C)cccc2C)nnc1[C@H](C)NC(=O)c1ccccc1Br. The summed E-state index contributed by atoms with van der Waals surface area (Å²) in [6.07, 6.45) is 0. The van der Waals surface area contributed by atoms with Crippen molar-refractivity contribution in [3.05, 3.63) is 69.5 Å². The maximum atomic E-state index is 12.6. The van der Waals surface area contributed by atoms with Crippen molar-refractivity contribution in [1.82, 2.24) is 20.1 Å². The minimum atomic E-state index is -0.347. The molecule has 0 saturated heterocycles. The lowest BCUT2D eigenvalue weighted by molar-refractivity contribution is -0.113. The van der Waals surface area contributed by atoms with Crippen molar-refractivity contribution in [2.24, 2.45) is 0 Å². The van der Waals surface area contributed by atoms with E-state index in [0.29, 0.717) is 23.1 Å². The lowest BCUT2D eigenvalue weighted by Gasteiger charge is -2.15. The first kappa shape index (κ1) is 24.0. The Labute approximate surface area is 200 Å². The van der Waals surface area contributed by atoms with Crippen LogP contribution in [-0.4, -0.2) is 32.3 Å². The number of halogens is 1. The monoisotopic (exact) mass is 515 g/mol. The Kier molecular flexibility index (Phi) is 8.09. The number of carbonyl (C=O) groups excluding carboxylic acids is 2. The van der Waals surface area contributed by atoms with Crippen molar-refractivity contribution >= 4 is 45.2 Å². The van der Waals surface area contributed by atoms with Crippen LogP contribution in [0.15, 0.2) is 52.1 Å². The van der Waals surface area contributed by atoms with E-state index in [1.54, 1.807) is 6.07 Å². The Bertz CT molecular complexity index is 1110. The van der Waals surface area contributed by atoms with E-state index >= 15 is 0 Å². The van der Waals surface area contributed by atoms with Gasteiger partial charge in [-0.1, -0.05) is 42.1 Å². The summed E-state index contributed by atoms with van der Waals surface area (Å²) in [5, 5.41) is 15.1. The first-order valence-corrected chi connectivity index (χ1v) is 12.1. The predicted octanol–water partition coefficient (Wildman–Crippen LogP) is 4.90. The van der Waals surface area contributed by atoms with E-state index in [1.807, 2.05) is 68.7 Å². The first-order valence-electron chi connectivity index (χ1n) is 10.3. The molecular formula is C23H26BrN5O2S. The molecule has 0 aliphatic heterocycles. The number of aryl methyl sites for hydroxylation is 2. The van der Waals surface area contributed by atoms with Crippen LogP contribution in [0.25, 0.3) is 0 Å². The van der Waals surface area contributed by atoms with Gasteiger partial charge in [0.15, 0.2) is 11.0 Å². The van der Waals surface area contributed by atoms with Crippen molar-refractivity contribution in [2.45, 2.75) is 45.4 Å². The van der Waals surface area contributed by atoms with Crippen LogP contribution in [0.2, 0.25) is 0 Å². The molecule has 1 atom stereocenters. The minimum Gasteiger partial charge on any atom is -0.342 e. The molecule has 0 spiro atoms. The second kappa shape index (κ2) is 10.8. The van der Waals surface area contributed by atoms with Gasteiger partial charge in [-0.15, -0.1) is 10.2 Å². The molecule has 32 heavy (non-hydrogen) atoms. The summed E-state index contributed by atoms with van der Waals surface area (Å²) in [5.41, 5.74) is 3.45. The van der Waals surface area contributed by atoms with Gasteiger partial charge >= 0.3 is 0 Å². The number of hydrogen-bond acceptors (Lipinski definition) is 5. The molecule has 168 valence electrons. The van der Waals surface area contributed by atoms with E-state index in [4.69, 9.17) is 0 Å². The number of nitrogens with zero attached hydrogens (tertiary/aromatic N) is 3. The van der Waals surface area contributed by atoms with E-state index in [0.717, 1.165) is 21.3 Å². The van der Waals surface area contributed by atoms with E-state index in [2.05, 4.69) is 36.8 Å². The molecule has 0 aliphatic carbocycles. The molecule has 0 radical (unpaired) electrons. The molecule has 0 saturated carbocycles. The van der Waals surface area contributed by atoms with Crippen LogP contribution >= 0.6 is 27.7 Å². The van der Waals surface area contributed by atoms with E-state index in [1.165, 1.54) is 11.8 Å². The highest BCUT2D eigenvalue weighted by atomic mass is 79.9. The quantitative estimate of drug-likeness (QED) is 0.416. The summed E-state index contributed by atoms with van der Waals surface area (Å²) in [6, 6.07) is 12.8. The molecule has 9 heteroatoms. The van der Waals surface area contributed by atoms with Crippen molar-refractivity contribution in [3.8, 4) is 0 Å². The Morgan fingerprint density at radius 2 is 1.78 bits per heavy atom. The number of thioether (sulfide) groups is 1. The van der Waals surface area contributed by atoms with Gasteiger partial charge in [0.25, 0.3) is 5.91 Å². The van der Waals surface area contributed by atoms with E-state index in [-0.39, 0.29) is 23.6 Å². The third-order valence-corrected chi connectivity index (χ3v) is 6.65. The fourth-order valence-electron chi connectivity index (χ4n) is 3.33. The number of hydrogen-bond donors (Lipinski definition) is 2. The van der Waals surface area contributed by atoms with Gasteiger partial charge in [-0.3, -0.25) is 9.59 Å². The third kappa shape index (κ3) is 5.58. The minimum absolute atomic E-state index is 0.102. The third-order valence-electron chi connectivity index (χ3n) is 4.99. The van der Waals surface area contributed by atoms with Gasteiger partial charge in [-0.25, -0.2) is 0 Å². The molecule has 7 nitrogen and oxygen atoms in total. The van der Waals surface area contributed by atoms with Crippen LogP contribution in [0.5, 0.6) is 0 Å². The van der Waals surface area contributed by atoms with Gasteiger partial charge in [0.2, 0.25) is 5.91 Å². The lowest BCUT2D eigenvalue weighted by atomic mass is 10.1. The number of amides is 2. The number of rotatable bonds is 8. The van der Waals surface area contributed by atoms with Gasteiger partial charge in [0.1, 0.15) is 0 Å². The molecule has 2 aromatic carbocycles. The topological polar surface area (TPSA) is 88.9 Å². The van der Waals surface area contributed by atoms with Crippen LogP contribution < -0.4 is 10.6 Å². The molecule has 3 rings (SSSR count). The number of nitrogens with one attached hydrogen (secondary N) is 2. The van der Waals surface area contributed by atoms with Gasteiger partial charge in [-0.2, -0.15) is 0 Å². The summed E-state index contributed by atoms with van der Waals surface area (Å²) in [7, 11) is 0. The standard InChI is InChI=1S/C23H26BrN5O2S/c1-5-29-21(16(4)25-22(31)17-11-6-7-12-18(17)24)27-28-23(29)32-13-19(30)26-20-14(2)9-8-10-15(20)3/h6-12,16H,5,13H2,1-4H3,(H,25,31)(H,26,30)/t16-/m0/s1. The number of aromatic nitrogens is 3. The summed E-state index contributed by atoms with van der Waals surface area (Å²) in [5.74, 6) is 0.558. The lowest BCUT2D eigenvalue weighted by Crippen LogP contribution is -2.29. The van der Waals surface area contributed by atoms with Crippen LogP contribution in [0, 0.1) is 13.8 Å². The summed E-state index contributed by atoms with van der Waals surface area (Å²) < 4.78 is 2.65. The second-order valence-corrected chi connectivity index (χ2v) is 9.16. The normalized spacial score (nSPS) is 11.8. The fourth-order valence-corrected chi connectivity index (χ4v) is 4.60. The Morgan fingerprint density at radius 1 is 1.09 bits per heavy atom. The fraction of sp³-hybridized carbons (Fsp3) is 0.304. The summed E-state index contributed by atoms with van der Waals surface area (Å²) in [6.45, 7) is 8.42. The highest BCUT2D eigenvalue weighted by Gasteiger charge is 2.21. The van der Waals surface area contributed by atoms with E-state index < -0.39 is 0 Å². The molecule has 0 bridgehead atoms. The molecule has 2 amide bonds. The zero-order valence-corrected chi connectivity index (χ0v) is 20.9. The Morgan fingerprint density at radius 3 is 2.44 bits per heavy atom. The molecule has 0 fully saturated rings. The number of benzene rings is 2. The second-order valence-electron chi connectivity index (χ2n) is 7.36. The molecule has 2 N–H and O–H groups in total. The van der Waals surface area contributed by atoms with Crippen LogP contribution in [0.1, 0.15) is 47.2 Å². The summed E-state index contributed by atoms with van der Waals surface area (Å²) >= 11 is 4.73. The highest BCUT2D eigenvalue weighted by molar-refractivity contribution is 9.10. The van der Waals surface area contributed by atoms with Crippen molar-refractivity contribution < 1.29 is 9.59 Å². The zero-order chi connectivity index (χ0) is 23.3. The molecule has 0 unspecified atom stereocenters. The predicted molar refractivity (Wildman–Crippen MR) is 131 cm³/mol. The smallest absolute Gasteiger partial charge is 0.253 e. The van der Waals surface area contributed by atoms with Crippen molar-refractivity contribution in [1.29, 1.82) is 0 Å². The Hall–Kier alpha value is -2.65. The average Bonchev–Trinajstić information content (AvgIpc) is 3.18. The van der Waals surface area contributed by atoms with Gasteiger partial charge < -0.3 is 15.2 Å². The summed E-state index contributed by atoms with van der Waals surface area (Å²) in [4.78, 5) is 25.2. The number of para-hydroxylation sites is 1. The number of anilines is 1. The van der Waals surface area contributed by atoms with Crippen LogP contribution in [0.3, 0.4) is 0 Å². The Balaban J connectivity index is 1.66. The van der Waals surface area contributed by atoms with Crippen molar-refractivity contribution in [3.63, 3.8) is 0 Å². The molecule has 1 aromatic heterocycles. The largest absolute Gasteiger partial charge is 0.342 e. The van der Waals surface area contributed by atoms with E-state index in [9.17, 15) is 9.59 Å². The van der Waals surface area contributed by atoms with Crippen molar-refractivity contribution in [2.75, 3.05) is 11.1 Å². The molecule has 0 aliphatic rings. The van der Waals surface area contributed by atoms with Gasteiger partial charge in [-0.05, 0) is 66.9 Å². The molecule has 3 aromatic rings. The van der Waals surface area contributed by atoms with Gasteiger partial charge in [0, 0.05) is 16.7 Å². The van der Waals surface area contributed by atoms with Crippen LogP contribution in [-0.2, 0) is 11.3 Å². The maximum Gasteiger partial charge on any atom is 0.253 e. The average molecular weight is 516 g/mol. The van der Waals surface area contributed by atoms with Crippen LogP contribution in [0.4, 0.5) is 5.69 Å². The zero-order valence-electron chi connectivity index (χ0n) is 18.5. The maximum absolute atomic E-state index is 12.6. The number of carbonyl (C=O) groups is 2. The van der Waals surface area contributed by atoms with Gasteiger partial charge in [0.05, 0.1) is 17.4 Å².